The van der Waals surface area contributed by atoms with Gasteiger partial charge in [0.2, 0.25) is 0 Å². The number of hydrogen-bond acceptors (Lipinski definition) is 3. The largest absolute Gasteiger partial charge is 0.208 e. The molecule has 0 amide bonds. The van der Waals surface area contributed by atoms with Crippen LogP contribution in [0.3, 0.4) is 0 Å². The Morgan fingerprint density at radius 3 is 0.606 bits per heavy atom. The van der Waals surface area contributed by atoms with Crippen LogP contribution in [-0.4, -0.2) is 15.0 Å². The first-order chi connectivity index (χ1) is 32.7. The number of aromatic nitrogens is 3. The molecule has 1 aromatic heterocycles. The quantitative estimate of drug-likeness (QED) is 0.138. The molecule has 3 heteroatoms. The topological polar surface area (TPSA) is 38.7 Å². The van der Waals surface area contributed by atoms with Crippen molar-refractivity contribution in [3.8, 4) is 112 Å². The molecule has 1 heterocycles. The van der Waals surface area contributed by atoms with E-state index in [4.69, 9.17) is 15.0 Å². The van der Waals surface area contributed by atoms with E-state index in [1.165, 1.54) is 44.5 Å². The fourth-order valence-electron chi connectivity index (χ4n) is 8.63. The van der Waals surface area contributed by atoms with Gasteiger partial charge in [0.05, 0.1) is 0 Å². The van der Waals surface area contributed by atoms with Crippen LogP contribution in [0.4, 0.5) is 0 Å². The van der Waals surface area contributed by atoms with Crippen LogP contribution in [0.25, 0.3) is 112 Å². The SMILES string of the molecule is c1ccc(-c2cccc(-c3cccc(-c4ccc(-c5nc(-c6ccc(-c7cccc(-c8cccc(-c9ccccc9)c8)c7)cc6)nc(-c6cccc(-c7ccccc7)c6)n5)cc4)c3)c2)cc1. The fourth-order valence-corrected chi connectivity index (χ4v) is 8.63. The van der Waals surface area contributed by atoms with Gasteiger partial charge in [0.1, 0.15) is 0 Å². The average molecular weight is 842 g/mol. The highest BCUT2D eigenvalue weighted by molar-refractivity contribution is 5.80. The van der Waals surface area contributed by atoms with Crippen LogP contribution in [0.5, 0.6) is 0 Å². The van der Waals surface area contributed by atoms with Crippen molar-refractivity contribution < 1.29 is 0 Å². The minimum absolute atomic E-state index is 0.618. The third-order valence-corrected chi connectivity index (χ3v) is 12.1. The second-order valence-electron chi connectivity index (χ2n) is 16.5. The van der Waals surface area contributed by atoms with Crippen LogP contribution < -0.4 is 0 Å². The van der Waals surface area contributed by atoms with Gasteiger partial charge in [-0.2, -0.15) is 0 Å². The molecule has 0 aliphatic rings. The fraction of sp³-hybridized carbons (Fsp3) is 0. The summed E-state index contributed by atoms with van der Waals surface area (Å²) in [6, 6.07) is 92.0. The highest BCUT2D eigenvalue weighted by Gasteiger charge is 2.15. The zero-order valence-electron chi connectivity index (χ0n) is 36.2. The van der Waals surface area contributed by atoms with Gasteiger partial charge in [-0.25, -0.2) is 15.0 Å². The van der Waals surface area contributed by atoms with E-state index in [0.717, 1.165) is 50.1 Å². The zero-order chi connectivity index (χ0) is 44.1. The first kappa shape index (κ1) is 40.0. The normalized spacial score (nSPS) is 11.0. The molecule has 3 nitrogen and oxygen atoms in total. The summed E-state index contributed by atoms with van der Waals surface area (Å²) >= 11 is 0. The van der Waals surface area contributed by atoms with Gasteiger partial charge in [-0.05, 0) is 108 Å². The lowest BCUT2D eigenvalue weighted by molar-refractivity contribution is 1.07. The molecule has 0 radical (unpaired) electrons. The highest BCUT2D eigenvalue weighted by Crippen LogP contribution is 2.34. The summed E-state index contributed by atoms with van der Waals surface area (Å²) in [4.78, 5) is 15.4. The van der Waals surface area contributed by atoms with Crippen molar-refractivity contribution in [3.63, 3.8) is 0 Å². The van der Waals surface area contributed by atoms with Gasteiger partial charge in [0, 0.05) is 16.7 Å². The lowest BCUT2D eigenvalue weighted by Crippen LogP contribution is -2.00. The van der Waals surface area contributed by atoms with Crippen LogP contribution in [0.2, 0.25) is 0 Å². The minimum Gasteiger partial charge on any atom is -0.208 e. The Labute approximate surface area is 386 Å². The molecule has 0 aliphatic carbocycles. The van der Waals surface area contributed by atoms with E-state index in [1.807, 2.05) is 6.07 Å². The first-order valence-corrected chi connectivity index (χ1v) is 22.3. The van der Waals surface area contributed by atoms with E-state index in [-0.39, 0.29) is 0 Å². The van der Waals surface area contributed by atoms with Crippen LogP contribution in [0.1, 0.15) is 0 Å². The van der Waals surface area contributed by atoms with E-state index < -0.39 is 0 Å². The molecular formula is C63H43N3. The van der Waals surface area contributed by atoms with E-state index in [2.05, 4.69) is 255 Å². The van der Waals surface area contributed by atoms with Gasteiger partial charge in [0.25, 0.3) is 0 Å². The predicted molar refractivity (Wildman–Crippen MR) is 274 cm³/mol. The molecule has 0 bridgehead atoms. The summed E-state index contributed by atoms with van der Waals surface area (Å²) in [6.07, 6.45) is 0. The van der Waals surface area contributed by atoms with Gasteiger partial charge in [0.15, 0.2) is 17.5 Å². The van der Waals surface area contributed by atoms with Gasteiger partial charge in [-0.15, -0.1) is 0 Å². The van der Waals surface area contributed by atoms with Gasteiger partial charge in [-0.3, -0.25) is 0 Å². The Kier molecular flexibility index (Phi) is 11.0. The Balaban J connectivity index is 0.919. The molecule has 0 fully saturated rings. The first-order valence-electron chi connectivity index (χ1n) is 22.3. The maximum atomic E-state index is 5.14. The maximum absolute atomic E-state index is 5.14. The van der Waals surface area contributed by atoms with Crippen molar-refractivity contribution in [2.75, 3.05) is 0 Å². The summed E-state index contributed by atoms with van der Waals surface area (Å²) in [7, 11) is 0. The highest BCUT2D eigenvalue weighted by atomic mass is 15.0. The van der Waals surface area contributed by atoms with Crippen molar-refractivity contribution in [2.24, 2.45) is 0 Å². The Morgan fingerprint density at radius 2 is 0.318 bits per heavy atom. The number of rotatable bonds is 10. The number of nitrogens with zero attached hydrogens (tertiary/aromatic N) is 3. The van der Waals surface area contributed by atoms with E-state index in [9.17, 15) is 0 Å². The average Bonchev–Trinajstić information content (AvgIpc) is 3.42. The second kappa shape index (κ2) is 18.1. The molecular weight excluding hydrogens is 799 g/mol. The molecule has 0 spiro atoms. The van der Waals surface area contributed by atoms with Crippen molar-refractivity contribution in [3.05, 3.63) is 261 Å². The Hall–Kier alpha value is -8.79. The lowest BCUT2D eigenvalue weighted by atomic mass is 9.96. The van der Waals surface area contributed by atoms with Crippen LogP contribution in [0.15, 0.2) is 261 Å². The molecule has 11 rings (SSSR count). The minimum atomic E-state index is 0.618. The van der Waals surface area contributed by atoms with Crippen molar-refractivity contribution >= 4 is 0 Å². The Morgan fingerprint density at radius 1 is 0.136 bits per heavy atom. The van der Waals surface area contributed by atoms with Gasteiger partial charge in [-0.1, -0.05) is 231 Å². The smallest absolute Gasteiger partial charge is 0.164 e. The van der Waals surface area contributed by atoms with E-state index in [1.54, 1.807) is 0 Å². The molecule has 10 aromatic carbocycles. The molecule has 0 saturated heterocycles. The van der Waals surface area contributed by atoms with Crippen LogP contribution in [0, 0.1) is 0 Å². The summed E-state index contributed by atoms with van der Waals surface area (Å²) in [5.41, 5.74) is 19.1. The van der Waals surface area contributed by atoms with Gasteiger partial charge >= 0.3 is 0 Å². The molecule has 0 aliphatic heterocycles. The lowest BCUT2D eigenvalue weighted by Gasteiger charge is -2.11. The second-order valence-corrected chi connectivity index (χ2v) is 16.5. The molecule has 11 aromatic rings. The summed E-state index contributed by atoms with van der Waals surface area (Å²) in [5.74, 6) is 1.86. The monoisotopic (exact) mass is 841 g/mol. The molecule has 310 valence electrons. The summed E-state index contributed by atoms with van der Waals surface area (Å²) in [6.45, 7) is 0. The van der Waals surface area contributed by atoms with E-state index in [0.29, 0.717) is 17.5 Å². The molecule has 0 unspecified atom stereocenters. The third-order valence-electron chi connectivity index (χ3n) is 12.1. The van der Waals surface area contributed by atoms with E-state index >= 15 is 0 Å². The van der Waals surface area contributed by atoms with Crippen LogP contribution >= 0.6 is 0 Å². The van der Waals surface area contributed by atoms with Crippen molar-refractivity contribution in [1.29, 1.82) is 0 Å². The number of benzene rings is 10. The van der Waals surface area contributed by atoms with Crippen LogP contribution in [-0.2, 0) is 0 Å². The standard InChI is InChI=1S/C63H43N3/c1-4-15-44(16-5-1)51-21-10-26-56(39-51)58-28-12-23-53(41-58)47-31-35-49(36-32-47)61-64-62(66-63(65-61)60-30-14-25-55(43-60)46-19-8-3-9-20-46)50-37-33-48(34-38-50)54-24-13-29-59(42-54)57-27-11-22-52(40-57)45-17-6-2-7-18-45/h1-43H. The molecule has 0 atom stereocenters. The van der Waals surface area contributed by atoms with Crippen molar-refractivity contribution in [2.45, 2.75) is 0 Å². The summed E-state index contributed by atoms with van der Waals surface area (Å²) < 4.78 is 0. The Bertz CT molecular complexity index is 3250. The molecule has 0 saturated carbocycles. The maximum Gasteiger partial charge on any atom is 0.164 e. The van der Waals surface area contributed by atoms with Gasteiger partial charge < -0.3 is 0 Å². The predicted octanol–water partition coefficient (Wildman–Crippen LogP) is 16.5. The number of hydrogen-bond donors (Lipinski definition) is 0. The third kappa shape index (κ3) is 8.62. The molecule has 0 N–H and O–H groups in total. The zero-order valence-corrected chi connectivity index (χ0v) is 36.2. The van der Waals surface area contributed by atoms with Crippen molar-refractivity contribution in [1.82, 2.24) is 15.0 Å². The molecule has 66 heavy (non-hydrogen) atoms. The summed E-state index contributed by atoms with van der Waals surface area (Å²) in [5, 5.41) is 0.